The van der Waals surface area contributed by atoms with Crippen molar-refractivity contribution in [3.05, 3.63) is 12.3 Å². The molecule has 1 aliphatic heterocycles. The van der Waals surface area contributed by atoms with Gasteiger partial charge in [0.1, 0.15) is 6.10 Å². The van der Waals surface area contributed by atoms with Gasteiger partial charge in [-0.2, -0.15) is 0 Å². The summed E-state index contributed by atoms with van der Waals surface area (Å²) in [7, 11) is 0. The SMILES string of the molecule is OCC(CO)(CO)NCC1CCC=CO1. The van der Waals surface area contributed by atoms with Crippen molar-refractivity contribution in [2.24, 2.45) is 0 Å². The highest BCUT2D eigenvalue weighted by atomic mass is 16.5. The fraction of sp³-hybridized carbons (Fsp3) is 0.800. The van der Waals surface area contributed by atoms with E-state index in [1.807, 2.05) is 6.08 Å². The monoisotopic (exact) mass is 217 g/mol. The Hall–Kier alpha value is -0.620. The molecule has 5 heteroatoms. The minimum absolute atomic E-state index is 0.0408. The average molecular weight is 217 g/mol. The highest BCUT2D eigenvalue weighted by Crippen LogP contribution is 2.10. The Bertz CT molecular complexity index is 195. The number of aliphatic hydroxyl groups is 3. The molecule has 0 amide bonds. The van der Waals surface area contributed by atoms with Crippen molar-refractivity contribution in [1.82, 2.24) is 5.32 Å². The van der Waals surface area contributed by atoms with Crippen LogP contribution in [0.15, 0.2) is 12.3 Å². The zero-order valence-electron chi connectivity index (χ0n) is 8.72. The molecule has 1 rings (SSSR count). The molecule has 0 aromatic heterocycles. The molecular formula is C10H19NO4. The number of hydrogen-bond donors (Lipinski definition) is 4. The number of rotatable bonds is 6. The summed E-state index contributed by atoms with van der Waals surface area (Å²) in [4.78, 5) is 0. The van der Waals surface area contributed by atoms with E-state index in [1.54, 1.807) is 6.26 Å². The summed E-state index contributed by atoms with van der Waals surface area (Å²) in [5.74, 6) is 0. The summed E-state index contributed by atoms with van der Waals surface area (Å²) in [5, 5.41) is 30.1. The molecule has 1 heterocycles. The smallest absolute Gasteiger partial charge is 0.110 e. The van der Waals surface area contributed by atoms with Crippen molar-refractivity contribution in [3.63, 3.8) is 0 Å². The molecule has 15 heavy (non-hydrogen) atoms. The van der Waals surface area contributed by atoms with E-state index in [9.17, 15) is 0 Å². The second-order valence-corrected chi connectivity index (χ2v) is 3.84. The van der Waals surface area contributed by atoms with Crippen LogP contribution in [0.5, 0.6) is 0 Å². The Morgan fingerprint density at radius 1 is 1.27 bits per heavy atom. The van der Waals surface area contributed by atoms with Gasteiger partial charge in [-0.3, -0.25) is 0 Å². The first kappa shape index (κ1) is 12.4. The number of allylic oxidation sites excluding steroid dienone is 1. The van der Waals surface area contributed by atoms with Gasteiger partial charge in [0.15, 0.2) is 0 Å². The number of ether oxygens (including phenoxy) is 1. The maximum atomic E-state index is 9.07. The van der Waals surface area contributed by atoms with Crippen molar-refractivity contribution in [1.29, 1.82) is 0 Å². The molecule has 1 aliphatic rings. The molecule has 0 aromatic rings. The third-order valence-electron chi connectivity index (χ3n) is 2.64. The summed E-state index contributed by atoms with van der Waals surface area (Å²) >= 11 is 0. The van der Waals surface area contributed by atoms with E-state index >= 15 is 0 Å². The molecule has 0 aromatic carbocycles. The number of aliphatic hydroxyl groups excluding tert-OH is 3. The van der Waals surface area contributed by atoms with Crippen LogP contribution in [0.3, 0.4) is 0 Å². The third kappa shape index (κ3) is 3.46. The van der Waals surface area contributed by atoms with Crippen LogP contribution in [-0.2, 0) is 4.74 Å². The molecule has 1 atom stereocenters. The molecule has 88 valence electrons. The van der Waals surface area contributed by atoms with E-state index in [1.165, 1.54) is 0 Å². The first-order chi connectivity index (χ1) is 7.26. The number of hydrogen-bond acceptors (Lipinski definition) is 5. The minimum Gasteiger partial charge on any atom is -0.497 e. The first-order valence-corrected chi connectivity index (χ1v) is 5.14. The van der Waals surface area contributed by atoms with E-state index in [-0.39, 0.29) is 25.9 Å². The van der Waals surface area contributed by atoms with Crippen LogP contribution < -0.4 is 5.32 Å². The molecule has 0 spiro atoms. The van der Waals surface area contributed by atoms with Gasteiger partial charge in [-0.25, -0.2) is 0 Å². The van der Waals surface area contributed by atoms with E-state index in [0.29, 0.717) is 6.54 Å². The van der Waals surface area contributed by atoms with Crippen molar-refractivity contribution >= 4 is 0 Å². The van der Waals surface area contributed by atoms with Crippen LogP contribution in [0.25, 0.3) is 0 Å². The van der Waals surface area contributed by atoms with Gasteiger partial charge < -0.3 is 25.4 Å². The van der Waals surface area contributed by atoms with E-state index in [4.69, 9.17) is 20.1 Å². The van der Waals surface area contributed by atoms with Crippen LogP contribution in [0.1, 0.15) is 12.8 Å². The molecule has 0 bridgehead atoms. The summed E-state index contributed by atoms with van der Waals surface area (Å²) in [6, 6.07) is 0. The van der Waals surface area contributed by atoms with Crippen molar-refractivity contribution in [2.45, 2.75) is 24.5 Å². The zero-order chi connectivity index (χ0) is 11.1. The maximum Gasteiger partial charge on any atom is 0.110 e. The topological polar surface area (TPSA) is 82.0 Å². The van der Waals surface area contributed by atoms with Crippen LogP contribution in [0.2, 0.25) is 0 Å². The van der Waals surface area contributed by atoms with Crippen molar-refractivity contribution in [2.75, 3.05) is 26.4 Å². The summed E-state index contributed by atoms with van der Waals surface area (Å²) < 4.78 is 5.32. The first-order valence-electron chi connectivity index (χ1n) is 5.14. The Labute approximate surface area is 89.4 Å². The lowest BCUT2D eigenvalue weighted by Crippen LogP contribution is -2.56. The van der Waals surface area contributed by atoms with Crippen LogP contribution in [0, 0.1) is 0 Å². The molecule has 0 aliphatic carbocycles. The molecule has 4 N–H and O–H groups in total. The Morgan fingerprint density at radius 2 is 1.93 bits per heavy atom. The van der Waals surface area contributed by atoms with Gasteiger partial charge in [-0.15, -0.1) is 0 Å². The van der Waals surface area contributed by atoms with E-state index in [2.05, 4.69) is 5.32 Å². The van der Waals surface area contributed by atoms with Crippen molar-refractivity contribution < 1.29 is 20.1 Å². The largest absolute Gasteiger partial charge is 0.497 e. The predicted octanol–water partition coefficient (Wildman–Crippen LogP) is -1.02. The lowest BCUT2D eigenvalue weighted by molar-refractivity contribution is 0.0279. The van der Waals surface area contributed by atoms with Crippen LogP contribution in [-0.4, -0.2) is 53.3 Å². The fourth-order valence-corrected chi connectivity index (χ4v) is 1.38. The zero-order valence-corrected chi connectivity index (χ0v) is 8.72. The highest BCUT2D eigenvalue weighted by Gasteiger charge is 2.28. The fourth-order valence-electron chi connectivity index (χ4n) is 1.38. The highest BCUT2D eigenvalue weighted by molar-refractivity contribution is 4.89. The molecule has 0 radical (unpaired) electrons. The standard InChI is InChI=1S/C10H19NO4/c12-6-10(7-13,8-14)11-5-9-3-1-2-4-15-9/h2,4,9,11-14H,1,3,5-8H2. The third-order valence-corrected chi connectivity index (χ3v) is 2.64. The lowest BCUT2D eigenvalue weighted by Gasteiger charge is -2.31. The number of nitrogens with one attached hydrogen (secondary N) is 1. The van der Waals surface area contributed by atoms with Gasteiger partial charge in [-0.1, -0.05) is 0 Å². The second-order valence-electron chi connectivity index (χ2n) is 3.84. The lowest BCUT2D eigenvalue weighted by atomic mass is 10.0. The Kier molecular flexibility index (Phi) is 5.04. The molecule has 0 saturated heterocycles. The summed E-state index contributed by atoms with van der Waals surface area (Å²) in [5.41, 5.74) is -1.01. The maximum absolute atomic E-state index is 9.07. The van der Waals surface area contributed by atoms with Gasteiger partial charge in [0.05, 0.1) is 31.6 Å². The second kappa shape index (κ2) is 6.07. The molecule has 5 nitrogen and oxygen atoms in total. The van der Waals surface area contributed by atoms with Gasteiger partial charge in [0.2, 0.25) is 0 Å². The van der Waals surface area contributed by atoms with E-state index < -0.39 is 5.54 Å². The van der Waals surface area contributed by atoms with Gasteiger partial charge in [0, 0.05) is 6.54 Å². The van der Waals surface area contributed by atoms with Crippen LogP contribution >= 0.6 is 0 Å². The normalized spacial score (nSPS) is 21.4. The average Bonchev–Trinajstić information content (AvgIpc) is 2.33. The van der Waals surface area contributed by atoms with E-state index in [0.717, 1.165) is 12.8 Å². The Morgan fingerprint density at radius 3 is 2.40 bits per heavy atom. The van der Waals surface area contributed by atoms with Crippen molar-refractivity contribution in [3.8, 4) is 0 Å². The molecule has 0 fully saturated rings. The minimum atomic E-state index is -1.01. The predicted molar refractivity (Wildman–Crippen MR) is 55.2 cm³/mol. The quantitative estimate of drug-likeness (QED) is 0.458. The molecular weight excluding hydrogens is 198 g/mol. The molecule has 0 saturated carbocycles. The Balaban J connectivity index is 2.35. The summed E-state index contributed by atoms with van der Waals surface area (Å²) in [6.07, 6.45) is 5.53. The van der Waals surface area contributed by atoms with Crippen LogP contribution in [0.4, 0.5) is 0 Å². The van der Waals surface area contributed by atoms with Gasteiger partial charge in [-0.05, 0) is 18.9 Å². The summed E-state index contributed by atoms with van der Waals surface area (Å²) in [6.45, 7) is -0.403. The van der Waals surface area contributed by atoms with Gasteiger partial charge >= 0.3 is 0 Å². The molecule has 1 unspecified atom stereocenters. The van der Waals surface area contributed by atoms with Gasteiger partial charge in [0.25, 0.3) is 0 Å².